The summed E-state index contributed by atoms with van der Waals surface area (Å²) in [4.78, 5) is 14.3. The van der Waals surface area contributed by atoms with Gasteiger partial charge in [0.2, 0.25) is 0 Å². The number of hydrogen-bond acceptors (Lipinski definition) is 5. The molecule has 2 rings (SSSR count). The molecule has 3 N–H and O–H groups in total. The molecule has 0 bridgehead atoms. The van der Waals surface area contributed by atoms with Gasteiger partial charge in [0, 0.05) is 24.0 Å². The van der Waals surface area contributed by atoms with Gasteiger partial charge in [-0.15, -0.1) is 0 Å². The van der Waals surface area contributed by atoms with Gasteiger partial charge >= 0.3 is 5.97 Å². The van der Waals surface area contributed by atoms with Crippen LogP contribution < -0.4 is 11.1 Å². The number of rotatable bonds is 4. The van der Waals surface area contributed by atoms with Gasteiger partial charge in [-0.2, -0.15) is 0 Å². The monoisotopic (exact) mass is 277 g/mol. The Kier molecular flexibility index (Phi) is 4.84. The molecular formula is C15H23N3O2. The van der Waals surface area contributed by atoms with Crippen LogP contribution in [0.25, 0.3) is 0 Å². The normalized spacial score (nSPS) is 19.6. The third-order valence-corrected chi connectivity index (χ3v) is 3.52. The maximum atomic E-state index is 12.0. The topological polar surface area (TPSA) is 67.6 Å². The van der Waals surface area contributed by atoms with Crippen molar-refractivity contribution in [3.05, 3.63) is 23.8 Å². The van der Waals surface area contributed by atoms with Gasteiger partial charge in [-0.3, -0.25) is 0 Å². The van der Waals surface area contributed by atoms with Gasteiger partial charge in [-0.1, -0.05) is 0 Å². The molecule has 5 heteroatoms. The fourth-order valence-electron chi connectivity index (χ4n) is 2.57. The molecule has 1 saturated heterocycles. The number of nitrogens with two attached hydrogens (primary N) is 1. The van der Waals surface area contributed by atoms with E-state index in [1.165, 1.54) is 0 Å². The first-order chi connectivity index (χ1) is 9.60. The molecule has 1 aromatic carbocycles. The Morgan fingerprint density at radius 1 is 1.55 bits per heavy atom. The number of esters is 1. The maximum absolute atomic E-state index is 12.0. The van der Waals surface area contributed by atoms with Gasteiger partial charge in [-0.25, -0.2) is 4.79 Å². The van der Waals surface area contributed by atoms with E-state index in [1.54, 1.807) is 19.1 Å². The van der Waals surface area contributed by atoms with E-state index in [1.807, 2.05) is 6.07 Å². The fourth-order valence-corrected chi connectivity index (χ4v) is 2.57. The molecule has 0 radical (unpaired) electrons. The number of nitrogens with one attached hydrogen (secondary N) is 1. The van der Waals surface area contributed by atoms with Gasteiger partial charge in [-0.05, 0) is 51.6 Å². The number of likely N-dealkylation sites (tertiary alicyclic amines) is 1. The predicted octanol–water partition coefficient (Wildman–Crippen LogP) is 1.95. The van der Waals surface area contributed by atoms with Crippen LogP contribution in [0.1, 0.15) is 30.1 Å². The van der Waals surface area contributed by atoms with Crippen LogP contribution >= 0.6 is 0 Å². The molecule has 0 aromatic heterocycles. The highest BCUT2D eigenvalue weighted by molar-refractivity contribution is 5.96. The second kappa shape index (κ2) is 6.61. The van der Waals surface area contributed by atoms with E-state index in [2.05, 4.69) is 17.3 Å². The number of anilines is 2. The molecule has 1 aromatic rings. The molecule has 1 heterocycles. The van der Waals surface area contributed by atoms with Gasteiger partial charge < -0.3 is 20.7 Å². The second-order valence-corrected chi connectivity index (χ2v) is 5.27. The molecule has 1 atom stereocenters. The van der Waals surface area contributed by atoms with Crippen LogP contribution in [0.4, 0.5) is 11.4 Å². The molecule has 0 amide bonds. The van der Waals surface area contributed by atoms with Gasteiger partial charge in [0.15, 0.2) is 0 Å². The molecule has 0 spiro atoms. The first kappa shape index (κ1) is 14.7. The minimum Gasteiger partial charge on any atom is -0.462 e. The van der Waals surface area contributed by atoms with Crippen molar-refractivity contribution < 1.29 is 9.53 Å². The summed E-state index contributed by atoms with van der Waals surface area (Å²) >= 11 is 0. The van der Waals surface area contributed by atoms with Crippen LogP contribution in [0.15, 0.2) is 18.2 Å². The van der Waals surface area contributed by atoms with Gasteiger partial charge in [0.1, 0.15) is 0 Å². The Hall–Kier alpha value is -1.75. The van der Waals surface area contributed by atoms with E-state index >= 15 is 0 Å². The molecule has 110 valence electrons. The number of ether oxygens (including phenoxy) is 1. The summed E-state index contributed by atoms with van der Waals surface area (Å²) in [6.07, 6.45) is 2.27. The van der Waals surface area contributed by atoms with Gasteiger partial charge in [0.25, 0.3) is 0 Å². The number of hydrogen-bond donors (Lipinski definition) is 2. The second-order valence-electron chi connectivity index (χ2n) is 5.27. The van der Waals surface area contributed by atoms with Crippen LogP contribution in [0.3, 0.4) is 0 Å². The SMILES string of the molecule is CCOC(=O)c1cc(N)ccc1NC1CCCN(C)C1. The molecule has 0 aliphatic carbocycles. The zero-order valence-corrected chi connectivity index (χ0v) is 12.2. The lowest BCUT2D eigenvalue weighted by atomic mass is 10.0. The summed E-state index contributed by atoms with van der Waals surface area (Å²) in [6, 6.07) is 5.69. The van der Waals surface area contributed by atoms with E-state index in [0.717, 1.165) is 31.6 Å². The average molecular weight is 277 g/mol. The smallest absolute Gasteiger partial charge is 0.340 e. The summed E-state index contributed by atoms with van der Waals surface area (Å²) in [6.45, 7) is 4.27. The Bertz CT molecular complexity index is 476. The molecule has 1 fully saturated rings. The lowest BCUT2D eigenvalue weighted by Gasteiger charge is -2.31. The minimum absolute atomic E-state index is 0.327. The minimum atomic E-state index is -0.327. The van der Waals surface area contributed by atoms with Crippen LogP contribution in [0.5, 0.6) is 0 Å². The van der Waals surface area contributed by atoms with Crippen LogP contribution in [-0.2, 0) is 4.74 Å². The van der Waals surface area contributed by atoms with Crippen molar-refractivity contribution in [2.45, 2.75) is 25.8 Å². The number of piperidine rings is 1. The predicted molar refractivity (Wildman–Crippen MR) is 81.0 cm³/mol. The summed E-state index contributed by atoms with van der Waals surface area (Å²) in [5.41, 5.74) is 7.66. The maximum Gasteiger partial charge on any atom is 0.340 e. The Morgan fingerprint density at radius 2 is 2.35 bits per heavy atom. The first-order valence-electron chi connectivity index (χ1n) is 7.12. The fraction of sp³-hybridized carbons (Fsp3) is 0.533. The van der Waals surface area contributed by atoms with E-state index in [-0.39, 0.29) is 5.97 Å². The lowest BCUT2D eigenvalue weighted by Crippen LogP contribution is -2.40. The third kappa shape index (κ3) is 3.63. The highest BCUT2D eigenvalue weighted by Crippen LogP contribution is 2.23. The largest absolute Gasteiger partial charge is 0.462 e. The van der Waals surface area contributed by atoms with Crippen molar-refractivity contribution >= 4 is 17.3 Å². The molecule has 20 heavy (non-hydrogen) atoms. The van der Waals surface area contributed by atoms with Crippen molar-refractivity contribution in [3.63, 3.8) is 0 Å². The number of benzene rings is 1. The van der Waals surface area contributed by atoms with E-state index in [4.69, 9.17) is 10.5 Å². The van der Waals surface area contributed by atoms with Crippen molar-refractivity contribution in [1.29, 1.82) is 0 Å². The Balaban J connectivity index is 2.15. The zero-order valence-electron chi connectivity index (χ0n) is 12.2. The summed E-state index contributed by atoms with van der Waals surface area (Å²) in [7, 11) is 2.11. The molecular weight excluding hydrogens is 254 g/mol. The average Bonchev–Trinajstić information content (AvgIpc) is 2.41. The summed E-state index contributed by atoms with van der Waals surface area (Å²) in [5.74, 6) is -0.327. The van der Waals surface area contributed by atoms with Crippen LogP contribution in [-0.4, -0.2) is 43.7 Å². The number of nitrogens with zero attached hydrogens (tertiary/aromatic N) is 1. The molecule has 1 aliphatic heterocycles. The number of likely N-dealkylation sites (N-methyl/N-ethyl adjacent to an activating group) is 1. The molecule has 5 nitrogen and oxygen atoms in total. The van der Waals surface area contributed by atoms with Crippen LogP contribution in [0, 0.1) is 0 Å². The summed E-state index contributed by atoms with van der Waals surface area (Å²) < 4.78 is 5.09. The van der Waals surface area contributed by atoms with Crippen molar-refractivity contribution in [3.8, 4) is 0 Å². The van der Waals surface area contributed by atoms with E-state index in [9.17, 15) is 4.79 Å². The highest BCUT2D eigenvalue weighted by Gasteiger charge is 2.20. The highest BCUT2D eigenvalue weighted by atomic mass is 16.5. The van der Waals surface area contributed by atoms with Crippen molar-refractivity contribution in [2.75, 3.05) is 37.8 Å². The third-order valence-electron chi connectivity index (χ3n) is 3.52. The molecule has 1 aliphatic rings. The van der Waals surface area contributed by atoms with Gasteiger partial charge in [0.05, 0.1) is 12.2 Å². The van der Waals surface area contributed by atoms with Crippen molar-refractivity contribution in [1.82, 2.24) is 4.90 Å². The quantitative estimate of drug-likeness (QED) is 0.650. The summed E-state index contributed by atoms with van der Waals surface area (Å²) in [5, 5.41) is 3.45. The Labute approximate surface area is 120 Å². The lowest BCUT2D eigenvalue weighted by molar-refractivity contribution is 0.0527. The van der Waals surface area contributed by atoms with E-state index < -0.39 is 0 Å². The standard InChI is InChI=1S/C15H23N3O2/c1-3-20-15(19)13-9-11(16)6-7-14(13)17-12-5-4-8-18(2)10-12/h6-7,9,12,17H,3-5,8,10,16H2,1-2H3. The Morgan fingerprint density at radius 3 is 3.05 bits per heavy atom. The van der Waals surface area contributed by atoms with Crippen LogP contribution in [0.2, 0.25) is 0 Å². The van der Waals surface area contributed by atoms with E-state index in [0.29, 0.717) is 23.9 Å². The molecule has 1 unspecified atom stereocenters. The van der Waals surface area contributed by atoms with Crippen molar-refractivity contribution in [2.24, 2.45) is 0 Å². The zero-order chi connectivity index (χ0) is 14.5. The number of carbonyl (C=O) groups is 1. The first-order valence-corrected chi connectivity index (χ1v) is 7.12. The number of carbonyl (C=O) groups excluding carboxylic acids is 1. The number of nitrogen functional groups attached to an aromatic ring is 1. The molecule has 0 saturated carbocycles.